The molecule has 37 heavy (non-hydrogen) atoms. The van der Waals surface area contributed by atoms with Gasteiger partial charge in [0.15, 0.2) is 0 Å². The number of alkyl halides is 1. The van der Waals surface area contributed by atoms with Crippen LogP contribution in [0.5, 0.6) is 0 Å². The Labute approximate surface area is 226 Å². The standard InChI is InChI=1S/C26H34BrN3O6S/c1-25(2,3)18-9-7-17(8-10-18)23-22(27)15-19(16-29(23)24(31)36-26(4,5)6)28-37(34,35)21-13-11-20(12-14-21)30(32)33/h7-14,19,22-23,28H,15-16H2,1-6H3/t19-,22-,23+/m1/s1. The summed E-state index contributed by atoms with van der Waals surface area (Å²) in [6.45, 7) is 11.8. The van der Waals surface area contributed by atoms with Gasteiger partial charge in [-0.1, -0.05) is 61.0 Å². The van der Waals surface area contributed by atoms with E-state index in [1.807, 2.05) is 24.3 Å². The Morgan fingerprint density at radius 2 is 1.62 bits per heavy atom. The van der Waals surface area contributed by atoms with Crippen molar-refractivity contribution in [1.82, 2.24) is 9.62 Å². The van der Waals surface area contributed by atoms with E-state index in [1.54, 1.807) is 25.7 Å². The summed E-state index contributed by atoms with van der Waals surface area (Å²) in [6.07, 6.45) is -0.127. The Balaban J connectivity index is 1.89. The first-order valence-electron chi connectivity index (χ1n) is 12.0. The van der Waals surface area contributed by atoms with Crippen LogP contribution in [0.4, 0.5) is 10.5 Å². The Bertz CT molecular complexity index is 1240. The summed E-state index contributed by atoms with van der Waals surface area (Å²) >= 11 is 3.71. The van der Waals surface area contributed by atoms with E-state index in [9.17, 15) is 23.3 Å². The molecule has 2 aromatic carbocycles. The van der Waals surface area contributed by atoms with Crippen molar-refractivity contribution in [1.29, 1.82) is 0 Å². The number of hydrogen-bond acceptors (Lipinski definition) is 6. The minimum Gasteiger partial charge on any atom is -0.444 e. The van der Waals surface area contributed by atoms with E-state index < -0.39 is 32.7 Å². The van der Waals surface area contributed by atoms with Crippen LogP contribution < -0.4 is 4.72 Å². The highest BCUT2D eigenvalue weighted by Crippen LogP contribution is 2.38. The lowest BCUT2D eigenvalue weighted by molar-refractivity contribution is -0.384. The van der Waals surface area contributed by atoms with Gasteiger partial charge in [0.25, 0.3) is 5.69 Å². The molecule has 0 unspecified atom stereocenters. The number of piperidine rings is 1. The zero-order chi connectivity index (χ0) is 27.8. The molecule has 1 aliphatic rings. The molecule has 0 saturated carbocycles. The fraction of sp³-hybridized carbons (Fsp3) is 0.500. The molecule has 0 bridgehead atoms. The molecule has 11 heteroatoms. The summed E-state index contributed by atoms with van der Waals surface area (Å²) < 4.78 is 34.4. The predicted molar refractivity (Wildman–Crippen MR) is 145 cm³/mol. The molecule has 0 spiro atoms. The van der Waals surface area contributed by atoms with Gasteiger partial charge in [-0.15, -0.1) is 0 Å². The summed E-state index contributed by atoms with van der Waals surface area (Å²) in [5, 5.41) is 10.9. The molecule has 9 nitrogen and oxygen atoms in total. The van der Waals surface area contributed by atoms with Crippen molar-refractivity contribution in [3.63, 3.8) is 0 Å². The zero-order valence-electron chi connectivity index (χ0n) is 21.9. The van der Waals surface area contributed by atoms with Gasteiger partial charge in [-0.2, -0.15) is 0 Å². The number of carbonyl (C=O) groups excluding carboxylic acids is 1. The van der Waals surface area contributed by atoms with Crippen LogP contribution in [-0.2, 0) is 20.2 Å². The topological polar surface area (TPSA) is 119 Å². The SMILES string of the molecule is CC(C)(C)OC(=O)N1C[C@H](NS(=O)(=O)c2ccc([N+](=O)[O-])cc2)C[C@@H](Br)[C@@H]1c1ccc(C(C)(C)C)cc1. The first kappa shape index (κ1) is 29.1. The van der Waals surface area contributed by atoms with Crippen molar-refractivity contribution in [2.75, 3.05) is 6.54 Å². The minimum absolute atomic E-state index is 0.0228. The highest BCUT2D eigenvalue weighted by atomic mass is 79.9. The maximum absolute atomic E-state index is 13.3. The molecule has 1 heterocycles. The molecule has 1 fully saturated rings. The van der Waals surface area contributed by atoms with Gasteiger partial charge in [-0.25, -0.2) is 17.9 Å². The Morgan fingerprint density at radius 3 is 2.11 bits per heavy atom. The third-order valence-corrected chi connectivity index (χ3v) is 8.44. The number of nitro benzene ring substituents is 1. The van der Waals surface area contributed by atoms with Crippen molar-refractivity contribution < 1.29 is 22.9 Å². The molecule has 2 aromatic rings. The van der Waals surface area contributed by atoms with E-state index in [-0.39, 0.29) is 33.4 Å². The van der Waals surface area contributed by atoms with Gasteiger partial charge < -0.3 is 4.74 Å². The average molecular weight is 597 g/mol. The van der Waals surface area contributed by atoms with E-state index in [2.05, 4.69) is 41.4 Å². The van der Waals surface area contributed by atoms with E-state index >= 15 is 0 Å². The van der Waals surface area contributed by atoms with E-state index in [0.717, 1.165) is 23.3 Å². The Kier molecular flexibility index (Phi) is 8.41. The molecule has 3 atom stereocenters. The summed E-state index contributed by atoms with van der Waals surface area (Å²) in [7, 11) is -3.99. The normalized spacial score (nSPS) is 20.9. The van der Waals surface area contributed by atoms with Gasteiger partial charge in [0.1, 0.15) is 5.60 Å². The fourth-order valence-corrected chi connectivity index (χ4v) is 6.50. The number of sulfonamides is 1. The number of nitrogens with one attached hydrogen (secondary N) is 1. The molecule has 0 aliphatic carbocycles. The molecule has 1 aliphatic heterocycles. The first-order valence-corrected chi connectivity index (χ1v) is 14.4. The van der Waals surface area contributed by atoms with Crippen LogP contribution in [-0.4, -0.2) is 47.3 Å². The zero-order valence-corrected chi connectivity index (χ0v) is 24.3. The molecule has 0 radical (unpaired) electrons. The van der Waals surface area contributed by atoms with Gasteiger partial charge >= 0.3 is 6.09 Å². The van der Waals surface area contributed by atoms with Crippen molar-refractivity contribution in [3.8, 4) is 0 Å². The van der Waals surface area contributed by atoms with Crippen LogP contribution in [0.1, 0.15) is 65.1 Å². The second-order valence-electron chi connectivity index (χ2n) is 11.3. The molecule has 0 aromatic heterocycles. The van der Waals surface area contributed by atoms with Crippen molar-refractivity contribution in [2.45, 2.75) is 80.8 Å². The van der Waals surface area contributed by atoms with Crippen LogP contribution in [0, 0.1) is 10.1 Å². The number of ether oxygens (including phenoxy) is 1. The number of carbonyl (C=O) groups is 1. The number of hydrogen-bond donors (Lipinski definition) is 1. The molecular weight excluding hydrogens is 562 g/mol. The van der Waals surface area contributed by atoms with Crippen molar-refractivity contribution >= 4 is 37.7 Å². The van der Waals surface area contributed by atoms with E-state index in [0.29, 0.717) is 6.42 Å². The number of halogens is 1. The molecule has 1 saturated heterocycles. The van der Waals surface area contributed by atoms with Gasteiger partial charge in [-0.05, 0) is 55.9 Å². The predicted octanol–water partition coefficient (Wildman–Crippen LogP) is 5.68. The quantitative estimate of drug-likeness (QED) is 0.269. The number of non-ortho nitro benzene ring substituents is 1. The van der Waals surface area contributed by atoms with E-state index in [1.165, 1.54) is 12.1 Å². The lowest BCUT2D eigenvalue weighted by Crippen LogP contribution is -2.55. The second kappa shape index (κ2) is 10.7. The summed E-state index contributed by atoms with van der Waals surface area (Å²) in [5.74, 6) is 0. The molecular formula is C26H34BrN3O6S. The third kappa shape index (κ3) is 7.30. The largest absolute Gasteiger partial charge is 0.444 e. The first-order chi connectivity index (χ1) is 17.0. The average Bonchev–Trinajstić information content (AvgIpc) is 2.77. The summed E-state index contributed by atoms with van der Waals surface area (Å²) in [6, 6.07) is 11.8. The summed E-state index contributed by atoms with van der Waals surface area (Å²) in [5.41, 5.74) is 1.12. The second-order valence-corrected chi connectivity index (χ2v) is 14.2. The van der Waals surface area contributed by atoms with Gasteiger partial charge in [0.2, 0.25) is 10.0 Å². The van der Waals surface area contributed by atoms with Crippen molar-refractivity contribution in [3.05, 3.63) is 69.8 Å². The molecule has 1 amide bonds. The number of benzene rings is 2. The number of rotatable bonds is 5. The van der Waals surface area contributed by atoms with Crippen molar-refractivity contribution in [2.24, 2.45) is 0 Å². The number of amides is 1. The van der Waals surface area contributed by atoms with Crippen LogP contribution in [0.25, 0.3) is 0 Å². The van der Waals surface area contributed by atoms with Gasteiger partial charge in [0.05, 0.1) is 15.9 Å². The third-order valence-electron chi connectivity index (χ3n) is 6.03. The summed E-state index contributed by atoms with van der Waals surface area (Å²) in [4.78, 5) is 24.8. The molecule has 1 N–H and O–H groups in total. The maximum atomic E-state index is 13.3. The maximum Gasteiger partial charge on any atom is 0.410 e. The number of nitrogens with zero attached hydrogens (tertiary/aromatic N) is 2. The highest BCUT2D eigenvalue weighted by Gasteiger charge is 2.41. The van der Waals surface area contributed by atoms with Gasteiger partial charge in [-0.3, -0.25) is 15.0 Å². The number of likely N-dealkylation sites (tertiary alicyclic amines) is 1. The highest BCUT2D eigenvalue weighted by molar-refractivity contribution is 9.09. The van der Waals surface area contributed by atoms with Crippen LogP contribution in [0.15, 0.2) is 53.4 Å². The Morgan fingerprint density at radius 1 is 1.05 bits per heavy atom. The molecule has 202 valence electrons. The lowest BCUT2D eigenvalue weighted by Gasteiger charge is -2.43. The molecule has 3 rings (SSSR count). The van der Waals surface area contributed by atoms with Crippen LogP contribution >= 0.6 is 15.9 Å². The lowest BCUT2D eigenvalue weighted by atomic mass is 9.85. The number of nitro groups is 1. The van der Waals surface area contributed by atoms with E-state index in [4.69, 9.17) is 4.74 Å². The Hall–Kier alpha value is -2.50. The monoisotopic (exact) mass is 595 g/mol. The fourth-order valence-electron chi connectivity index (χ4n) is 4.22. The van der Waals surface area contributed by atoms with Crippen LogP contribution in [0.3, 0.4) is 0 Å². The smallest absolute Gasteiger partial charge is 0.410 e. The van der Waals surface area contributed by atoms with Crippen LogP contribution in [0.2, 0.25) is 0 Å². The minimum atomic E-state index is -3.99. The van der Waals surface area contributed by atoms with Gasteiger partial charge in [0, 0.05) is 29.5 Å².